The number of benzene rings is 2. The molecule has 7 nitrogen and oxygen atoms in total. The molecular weight excluding hydrogens is 344 g/mol. The number of nitro groups is 1. The van der Waals surface area contributed by atoms with Gasteiger partial charge in [0.1, 0.15) is 0 Å². The summed E-state index contributed by atoms with van der Waals surface area (Å²) in [6.07, 6.45) is 2.91. The third-order valence-electron chi connectivity index (χ3n) is 3.35. The van der Waals surface area contributed by atoms with E-state index in [0.717, 1.165) is 11.6 Å². The van der Waals surface area contributed by atoms with Crippen LogP contribution in [0.3, 0.4) is 0 Å². The van der Waals surface area contributed by atoms with Gasteiger partial charge in [-0.15, -0.1) is 0 Å². The molecule has 0 aliphatic carbocycles. The summed E-state index contributed by atoms with van der Waals surface area (Å²) >= 11 is 5.95. The highest BCUT2D eigenvalue weighted by atomic mass is 35.5. The van der Waals surface area contributed by atoms with Gasteiger partial charge in [0.15, 0.2) is 5.82 Å². The lowest BCUT2D eigenvalue weighted by Crippen LogP contribution is -2.13. The molecule has 2 aromatic carbocycles. The molecule has 1 aromatic heterocycles. The molecule has 0 atom stereocenters. The predicted octanol–water partition coefficient (Wildman–Crippen LogP) is 3.96. The predicted molar refractivity (Wildman–Crippen MR) is 93.5 cm³/mol. The van der Waals surface area contributed by atoms with Crippen molar-refractivity contribution in [2.45, 2.75) is 0 Å². The Morgan fingerprint density at radius 1 is 1.08 bits per heavy atom. The Kier molecular flexibility index (Phi) is 4.67. The van der Waals surface area contributed by atoms with Gasteiger partial charge in [0.2, 0.25) is 0 Å². The first-order valence-corrected chi connectivity index (χ1v) is 7.55. The zero-order chi connectivity index (χ0) is 17.8. The van der Waals surface area contributed by atoms with E-state index in [1.165, 1.54) is 24.5 Å². The molecule has 3 aromatic rings. The van der Waals surface area contributed by atoms with E-state index in [9.17, 15) is 14.9 Å². The molecule has 0 spiro atoms. The monoisotopic (exact) mass is 354 g/mol. The van der Waals surface area contributed by atoms with Gasteiger partial charge in [0.25, 0.3) is 11.6 Å². The van der Waals surface area contributed by atoms with Crippen LogP contribution in [0.5, 0.6) is 0 Å². The molecule has 0 radical (unpaired) electrons. The lowest BCUT2D eigenvalue weighted by Gasteiger charge is -2.07. The maximum absolute atomic E-state index is 12.3. The summed E-state index contributed by atoms with van der Waals surface area (Å²) in [6.45, 7) is 0. The van der Waals surface area contributed by atoms with E-state index in [0.29, 0.717) is 11.5 Å². The Bertz CT molecular complexity index is 930. The number of carbonyl (C=O) groups excluding carboxylic acids is 1. The van der Waals surface area contributed by atoms with E-state index in [1.807, 2.05) is 30.3 Å². The summed E-state index contributed by atoms with van der Waals surface area (Å²) in [6, 6.07) is 13.0. The van der Waals surface area contributed by atoms with Gasteiger partial charge in [-0.05, 0) is 6.07 Å². The van der Waals surface area contributed by atoms with Gasteiger partial charge < -0.3 is 5.32 Å². The van der Waals surface area contributed by atoms with Gasteiger partial charge in [-0.1, -0.05) is 41.9 Å². The van der Waals surface area contributed by atoms with Gasteiger partial charge >= 0.3 is 0 Å². The first-order valence-electron chi connectivity index (χ1n) is 7.17. The molecular formula is C17H11ClN4O3. The second-order valence-electron chi connectivity index (χ2n) is 5.04. The Labute approximate surface area is 147 Å². The zero-order valence-electron chi connectivity index (χ0n) is 12.7. The SMILES string of the molecule is O=C(Nc1cnc(-c2ccccc2)nc1)c1cc([N+](=O)[O-])ccc1Cl. The lowest BCUT2D eigenvalue weighted by molar-refractivity contribution is -0.384. The van der Waals surface area contributed by atoms with Crippen molar-refractivity contribution in [1.29, 1.82) is 0 Å². The summed E-state index contributed by atoms with van der Waals surface area (Å²) in [7, 11) is 0. The van der Waals surface area contributed by atoms with Crippen LogP contribution in [0.4, 0.5) is 11.4 Å². The van der Waals surface area contributed by atoms with Crippen molar-refractivity contribution in [1.82, 2.24) is 9.97 Å². The molecule has 0 aliphatic heterocycles. The van der Waals surface area contributed by atoms with E-state index in [1.54, 1.807) is 0 Å². The van der Waals surface area contributed by atoms with Crippen LogP contribution >= 0.6 is 11.6 Å². The van der Waals surface area contributed by atoms with E-state index >= 15 is 0 Å². The van der Waals surface area contributed by atoms with Crippen LogP contribution in [-0.2, 0) is 0 Å². The number of hydrogen-bond acceptors (Lipinski definition) is 5. The number of anilines is 1. The summed E-state index contributed by atoms with van der Waals surface area (Å²) in [5, 5.41) is 13.5. The van der Waals surface area contributed by atoms with Crippen LogP contribution in [0.15, 0.2) is 60.9 Å². The van der Waals surface area contributed by atoms with Gasteiger partial charge in [-0.25, -0.2) is 9.97 Å². The van der Waals surface area contributed by atoms with E-state index < -0.39 is 10.8 Å². The van der Waals surface area contributed by atoms with E-state index in [-0.39, 0.29) is 16.3 Å². The summed E-state index contributed by atoms with van der Waals surface area (Å²) in [4.78, 5) is 30.9. The standard InChI is InChI=1S/C17H11ClN4O3/c18-15-7-6-13(22(24)25)8-14(15)17(23)21-12-9-19-16(20-10-12)11-4-2-1-3-5-11/h1-10H,(H,21,23). The lowest BCUT2D eigenvalue weighted by atomic mass is 10.2. The van der Waals surface area contributed by atoms with Crippen molar-refractivity contribution < 1.29 is 9.72 Å². The van der Waals surface area contributed by atoms with Crippen LogP contribution in [0.25, 0.3) is 11.4 Å². The van der Waals surface area contributed by atoms with Crippen molar-refractivity contribution in [3.8, 4) is 11.4 Å². The summed E-state index contributed by atoms with van der Waals surface area (Å²) in [5.74, 6) is -0.0586. The number of nitrogens with zero attached hydrogens (tertiary/aromatic N) is 3. The highest BCUT2D eigenvalue weighted by Crippen LogP contribution is 2.23. The van der Waals surface area contributed by atoms with Crippen LogP contribution in [0.1, 0.15) is 10.4 Å². The molecule has 0 fully saturated rings. The molecule has 8 heteroatoms. The molecule has 124 valence electrons. The van der Waals surface area contributed by atoms with Crippen molar-refractivity contribution >= 4 is 28.9 Å². The smallest absolute Gasteiger partial charge is 0.270 e. The molecule has 0 saturated carbocycles. The number of rotatable bonds is 4. The number of nitrogens with one attached hydrogen (secondary N) is 1. The number of amides is 1. The Morgan fingerprint density at radius 2 is 1.76 bits per heavy atom. The quantitative estimate of drug-likeness (QED) is 0.565. The average molecular weight is 355 g/mol. The zero-order valence-corrected chi connectivity index (χ0v) is 13.5. The molecule has 0 saturated heterocycles. The number of halogens is 1. The average Bonchev–Trinajstić information content (AvgIpc) is 2.63. The highest BCUT2D eigenvalue weighted by molar-refractivity contribution is 6.34. The van der Waals surface area contributed by atoms with E-state index in [4.69, 9.17) is 11.6 Å². The highest BCUT2D eigenvalue weighted by Gasteiger charge is 2.16. The van der Waals surface area contributed by atoms with E-state index in [2.05, 4.69) is 15.3 Å². The fourth-order valence-electron chi connectivity index (χ4n) is 2.13. The van der Waals surface area contributed by atoms with Crippen LogP contribution < -0.4 is 5.32 Å². The molecule has 25 heavy (non-hydrogen) atoms. The number of hydrogen-bond donors (Lipinski definition) is 1. The number of nitro benzene ring substituents is 1. The van der Waals surface area contributed by atoms with Gasteiger partial charge in [0.05, 0.1) is 33.6 Å². The first kappa shape index (κ1) is 16.5. The first-order chi connectivity index (χ1) is 12.0. The van der Waals surface area contributed by atoms with Crippen molar-refractivity contribution in [3.05, 3.63) is 81.6 Å². The molecule has 1 heterocycles. The number of carbonyl (C=O) groups is 1. The van der Waals surface area contributed by atoms with Crippen LogP contribution in [0, 0.1) is 10.1 Å². The fraction of sp³-hybridized carbons (Fsp3) is 0. The molecule has 0 unspecified atom stereocenters. The number of aromatic nitrogens is 2. The third-order valence-corrected chi connectivity index (χ3v) is 3.68. The van der Waals surface area contributed by atoms with Gasteiger partial charge in [-0.2, -0.15) is 0 Å². The van der Waals surface area contributed by atoms with Crippen LogP contribution in [-0.4, -0.2) is 20.8 Å². The molecule has 0 aliphatic rings. The second kappa shape index (κ2) is 7.06. The molecule has 1 amide bonds. The second-order valence-corrected chi connectivity index (χ2v) is 5.44. The van der Waals surface area contributed by atoms with Gasteiger partial charge in [-0.3, -0.25) is 14.9 Å². The van der Waals surface area contributed by atoms with Crippen molar-refractivity contribution in [2.24, 2.45) is 0 Å². The fourth-order valence-corrected chi connectivity index (χ4v) is 2.33. The van der Waals surface area contributed by atoms with Crippen molar-refractivity contribution in [2.75, 3.05) is 5.32 Å². The Balaban J connectivity index is 1.80. The maximum atomic E-state index is 12.3. The summed E-state index contributed by atoms with van der Waals surface area (Å²) in [5.41, 5.74) is 0.989. The van der Waals surface area contributed by atoms with Gasteiger partial charge in [0, 0.05) is 17.7 Å². The molecule has 0 bridgehead atoms. The Hall–Kier alpha value is -3.32. The summed E-state index contributed by atoms with van der Waals surface area (Å²) < 4.78 is 0. The maximum Gasteiger partial charge on any atom is 0.270 e. The normalized spacial score (nSPS) is 10.3. The topological polar surface area (TPSA) is 98.0 Å². The molecule has 3 rings (SSSR count). The minimum absolute atomic E-state index is 0.00278. The van der Waals surface area contributed by atoms with Crippen LogP contribution in [0.2, 0.25) is 5.02 Å². The third kappa shape index (κ3) is 3.78. The molecule has 1 N–H and O–H groups in total. The minimum atomic E-state index is -0.592. The number of non-ortho nitro benzene ring substituents is 1. The Morgan fingerprint density at radius 3 is 2.40 bits per heavy atom. The largest absolute Gasteiger partial charge is 0.319 e. The minimum Gasteiger partial charge on any atom is -0.319 e. The van der Waals surface area contributed by atoms with Crippen molar-refractivity contribution in [3.63, 3.8) is 0 Å².